The number of nitrogens with zero attached hydrogens (tertiary/aromatic N) is 1. The summed E-state index contributed by atoms with van der Waals surface area (Å²) in [5.74, 6) is 0.0775. The molecule has 20 heavy (non-hydrogen) atoms. The molecule has 2 bridgehead atoms. The molecule has 1 aromatic carbocycles. The summed E-state index contributed by atoms with van der Waals surface area (Å²) in [6.45, 7) is 0. The van der Waals surface area contributed by atoms with Gasteiger partial charge in [-0.15, -0.1) is 0 Å². The van der Waals surface area contributed by atoms with Crippen LogP contribution in [0.5, 0.6) is 0 Å². The summed E-state index contributed by atoms with van der Waals surface area (Å²) in [5, 5.41) is 4.24. The van der Waals surface area contributed by atoms with Gasteiger partial charge in [-0.1, -0.05) is 11.6 Å². The van der Waals surface area contributed by atoms with E-state index in [9.17, 15) is 4.79 Å². The third-order valence-electron chi connectivity index (χ3n) is 4.48. The first-order valence-corrected chi connectivity index (χ1v) is 8.20. The lowest BCUT2D eigenvalue weighted by Crippen LogP contribution is -2.48. The molecule has 1 N–H and O–H groups in total. The fourth-order valence-corrected chi connectivity index (χ4v) is 3.84. The van der Waals surface area contributed by atoms with Gasteiger partial charge in [-0.3, -0.25) is 4.79 Å². The number of hydrogen-bond donors (Lipinski definition) is 1. The van der Waals surface area contributed by atoms with Crippen molar-refractivity contribution in [3.8, 4) is 0 Å². The number of nitrogens with one attached hydrogen (secondary N) is 1. The molecule has 3 nitrogen and oxygen atoms in total. The maximum atomic E-state index is 12.6. The van der Waals surface area contributed by atoms with E-state index >= 15 is 0 Å². The number of fused-ring (bicyclic) bond motifs is 2. The van der Waals surface area contributed by atoms with Crippen LogP contribution in [-0.4, -0.2) is 36.0 Å². The van der Waals surface area contributed by atoms with E-state index in [-0.39, 0.29) is 5.91 Å². The third kappa shape index (κ3) is 2.74. The predicted octanol–water partition coefficient (Wildman–Crippen LogP) is 3.46. The summed E-state index contributed by atoms with van der Waals surface area (Å²) >= 11 is 9.36. The van der Waals surface area contributed by atoms with Crippen LogP contribution in [0.4, 0.5) is 0 Å². The lowest BCUT2D eigenvalue weighted by atomic mass is 9.98. The highest BCUT2D eigenvalue weighted by atomic mass is 79.9. The van der Waals surface area contributed by atoms with Crippen LogP contribution in [0.25, 0.3) is 0 Å². The van der Waals surface area contributed by atoms with E-state index < -0.39 is 0 Å². The van der Waals surface area contributed by atoms with E-state index in [1.807, 2.05) is 11.9 Å². The van der Waals surface area contributed by atoms with Crippen LogP contribution in [-0.2, 0) is 0 Å². The second-order valence-electron chi connectivity index (χ2n) is 5.81. The molecule has 2 heterocycles. The summed E-state index contributed by atoms with van der Waals surface area (Å²) in [7, 11) is 1.92. The molecule has 108 valence electrons. The van der Waals surface area contributed by atoms with Crippen LogP contribution in [0.1, 0.15) is 36.0 Å². The maximum absolute atomic E-state index is 12.6. The maximum Gasteiger partial charge on any atom is 0.253 e. The molecule has 2 fully saturated rings. The second kappa shape index (κ2) is 5.66. The molecule has 1 aromatic rings. The van der Waals surface area contributed by atoms with Crippen molar-refractivity contribution in [1.29, 1.82) is 0 Å². The number of piperidine rings is 1. The van der Waals surface area contributed by atoms with Gasteiger partial charge in [-0.05, 0) is 59.8 Å². The van der Waals surface area contributed by atoms with Crippen LogP contribution < -0.4 is 5.32 Å². The SMILES string of the molecule is CN(C(=O)c1ccc(Cl)c(Br)c1)C1CC2CCC(C1)N2. The number of benzene rings is 1. The first-order chi connectivity index (χ1) is 9.54. The Morgan fingerprint density at radius 1 is 1.35 bits per heavy atom. The van der Waals surface area contributed by atoms with Crippen molar-refractivity contribution in [2.45, 2.75) is 43.8 Å². The number of hydrogen-bond acceptors (Lipinski definition) is 2. The molecule has 2 aliphatic heterocycles. The lowest BCUT2D eigenvalue weighted by Gasteiger charge is -2.35. The standard InChI is InChI=1S/C15H18BrClN2O/c1-19(12-7-10-3-4-11(8-12)18-10)15(20)9-2-5-14(17)13(16)6-9/h2,5-6,10-12,18H,3-4,7-8H2,1H3. The zero-order chi connectivity index (χ0) is 14.3. The van der Waals surface area contributed by atoms with Gasteiger partial charge in [0.05, 0.1) is 5.02 Å². The van der Waals surface area contributed by atoms with E-state index in [4.69, 9.17) is 11.6 Å². The van der Waals surface area contributed by atoms with Crippen molar-refractivity contribution in [2.24, 2.45) is 0 Å². The van der Waals surface area contributed by atoms with Gasteiger partial charge >= 0.3 is 0 Å². The highest BCUT2D eigenvalue weighted by Gasteiger charge is 2.36. The Morgan fingerprint density at radius 3 is 2.60 bits per heavy atom. The number of halogens is 2. The van der Waals surface area contributed by atoms with E-state index in [0.29, 0.717) is 28.7 Å². The zero-order valence-electron chi connectivity index (χ0n) is 11.4. The summed E-state index contributed by atoms with van der Waals surface area (Å²) in [6.07, 6.45) is 4.62. The molecule has 3 rings (SSSR count). The normalized spacial score (nSPS) is 28.4. The van der Waals surface area contributed by atoms with Gasteiger partial charge < -0.3 is 10.2 Å². The zero-order valence-corrected chi connectivity index (χ0v) is 13.7. The van der Waals surface area contributed by atoms with Crippen molar-refractivity contribution in [1.82, 2.24) is 10.2 Å². The lowest BCUT2D eigenvalue weighted by molar-refractivity contribution is 0.0681. The first-order valence-electron chi connectivity index (χ1n) is 7.03. The first kappa shape index (κ1) is 14.4. The molecular formula is C15H18BrClN2O. The summed E-state index contributed by atoms with van der Waals surface area (Å²) in [4.78, 5) is 14.5. The van der Waals surface area contributed by atoms with Crippen molar-refractivity contribution in [3.63, 3.8) is 0 Å². The average molecular weight is 358 g/mol. The van der Waals surface area contributed by atoms with Gasteiger partial charge in [-0.2, -0.15) is 0 Å². The van der Waals surface area contributed by atoms with Crippen molar-refractivity contribution in [2.75, 3.05) is 7.05 Å². The van der Waals surface area contributed by atoms with Crippen LogP contribution in [0, 0.1) is 0 Å². The Hall–Kier alpha value is -0.580. The third-order valence-corrected chi connectivity index (χ3v) is 5.70. The molecule has 0 aromatic heterocycles. The number of carbonyl (C=O) groups is 1. The predicted molar refractivity (Wildman–Crippen MR) is 84.2 cm³/mol. The Morgan fingerprint density at radius 2 is 2.00 bits per heavy atom. The molecule has 1 amide bonds. The molecule has 2 saturated heterocycles. The average Bonchev–Trinajstić information content (AvgIpc) is 2.79. The van der Waals surface area contributed by atoms with E-state index in [1.54, 1.807) is 18.2 Å². The highest BCUT2D eigenvalue weighted by Crippen LogP contribution is 2.30. The van der Waals surface area contributed by atoms with Gasteiger partial charge in [0.15, 0.2) is 0 Å². The Balaban J connectivity index is 1.74. The molecule has 5 heteroatoms. The molecule has 2 aliphatic rings. The fourth-order valence-electron chi connectivity index (χ4n) is 3.34. The van der Waals surface area contributed by atoms with E-state index in [0.717, 1.165) is 17.3 Å². The summed E-state index contributed by atoms with van der Waals surface area (Å²) in [6, 6.07) is 6.88. The Kier molecular flexibility index (Phi) is 4.07. The van der Waals surface area contributed by atoms with Gasteiger partial charge in [0.2, 0.25) is 0 Å². The van der Waals surface area contributed by atoms with Gasteiger partial charge in [-0.25, -0.2) is 0 Å². The van der Waals surface area contributed by atoms with Gasteiger partial charge in [0.1, 0.15) is 0 Å². The van der Waals surface area contributed by atoms with E-state index in [1.165, 1.54) is 12.8 Å². The Bertz CT molecular complexity index is 525. The highest BCUT2D eigenvalue weighted by molar-refractivity contribution is 9.10. The smallest absolute Gasteiger partial charge is 0.253 e. The minimum atomic E-state index is 0.0775. The summed E-state index contributed by atoms with van der Waals surface area (Å²) < 4.78 is 0.767. The van der Waals surface area contributed by atoms with Crippen LogP contribution >= 0.6 is 27.5 Å². The quantitative estimate of drug-likeness (QED) is 0.879. The molecule has 2 atom stereocenters. The Labute approximate surface area is 132 Å². The largest absolute Gasteiger partial charge is 0.339 e. The molecule has 0 radical (unpaired) electrons. The summed E-state index contributed by atoms with van der Waals surface area (Å²) in [5.41, 5.74) is 0.689. The van der Waals surface area contributed by atoms with Crippen molar-refractivity contribution >= 4 is 33.4 Å². The number of amides is 1. The topological polar surface area (TPSA) is 32.3 Å². The minimum Gasteiger partial charge on any atom is -0.339 e. The molecule has 0 aliphatic carbocycles. The van der Waals surface area contributed by atoms with Crippen LogP contribution in [0.2, 0.25) is 5.02 Å². The number of rotatable bonds is 2. The number of carbonyl (C=O) groups excluding carboxylic acids is 1. The van der Waals surface area contributed by atoms with E-state index in [2.05, 4.69) is 21.2 Å². The van der Waals surface area contributed by atoms with Gasteiger partial charge in [0, 0.05) is 35.2 Å². The molecule has 2 unspecified atom stereocenters. The molecule has 0 saturated carbocycles. The van der Waals surface area contributed by atoms with Crippen molar-refractivity contribution < 1.29 is 4.79 Å². The second-order valence-corrected chi connectivity index (χ2v) is 7.07. The fraction of sp³-hybridized carbons (Fsp3) is 0.533. The monoisotopic (exact) mass is 356 g/mol. The van der Waals surface area contributed by atoms with Crippen molar-refractivity contribution in [3.05, 3.63) is 33.3 Å². The molecular weight excluding hydrogens is 340 g/mol. The van der Waals surface area contributed by atoms with Crippen LogP contribution in [0.3, 0.4) is 0 Å². The minimum absolute atomic E-state index is 0.0775. The molecule has 0 spiro atoms. The van der Waals surface area contributed by atoms with Gasteiger partial charge in [0.25, 0.3) is 5.91 Å². The van der Waals surface area contributed by atoms with Crippen LogP contribution in [0.15, 0.2) is 22.7 Å².